The fraction of sp³-hybridized carbons (Fsp3) is 0.667. The lowest BCUT2D eigenvalue weighted by Gasteiger charge is -2.35. The molecule has 0 unspecified atom stereocenters. The van der Waals surface area contributed by atoms with Gasteiger partial charge < -0.3 is 15.1 Å². The highest BCUT2D eigenvalue weighted by Crippen LogP contribution is 2.20. The Balaban J connectivity index is 2.06. The van der Waals surface area contributed by atoms with Gasteiger partial charge >= 0.3 is 0 Å². The van der Waals surface area contributed by atoms with Crippen molar-refractivity contribution < 1.29 is 4.39 Å². The van der Waals surface area contributed by atoms with E-state index in [1.807, 2.05) is 0 Å². The van der Waals surface area contributed by atoms with Crippen molar-refractivity contribution in [3.05, 3.63) is 23.6 Å². The molecule has 0 spiro atoms. The summed E-state index contributed by atoms with van der Waals surface area (Å²) in [6, 6.07) is 2.11. The molecule has 1 aromatic heterocycles. The van der Waals surface area contributed by atoms with Crippen molar-refractivity contribution in [1.82, 2.24) is 15.2 Å². The van der Waals surface area contributed by atoms with E-state index in [1.54, 1.807) is 12.3 Å². The first-order chi connectivity index (χ1) is 9.61. The van der Waals surface area contributed by atoms with Gasteiger partial charge in [-0.1, -0.05) is 20.8 Å². The molecule has 112 valence electrons. The van der Waals surface area contributed by atoms with Crippen molar-refractivity contribution >= 4 is 5.82 Å². The Morgan fingerprint density at radius 1 is 1.30 bits per heavy atom. The second-order valence-corrected chi connectivity index (χ2v) is 5.56. The van der Waals surface area contributed by atoms with Crippen LogP contribution >= 0.6 is 0 Å². The van der Waals surface area contributed by atoms with Crippen molar-refractivity contribution in [3.63, 3.8) is 0 Å². The summed E-state index contributed by atoms with van der Waals surface area (Å²) in [5.41, 5.74) is 0.696. The van der Waals surface area contributed by atoms with Crippen LogP contribution in [-0.4, -0.2) is 48.6 Å². The molecular formula is C15H25FN4. The van der Waals surface area contributed by atoms with Crippen molar-refractivity contribution in [1.29, 1.82) is 0 Å². The molecule has 1 N–H and O–H groups in total. The Morgan fingerprint density at radius 2 is 2.00 bits per heavy atom. The highest BCUT2D eigenvalue weighted by atomic mass is 19.1. The van der Waals surface area contributed by atoms with Crippen molar-refractivity contribution in [3.8, 4) is 0 Å². The molecule has 1 aromatic rings. The minimum atomic E-state index is -0.175. The molecule has 0 atom stereocenters. The fourth-order valence-electron chi connectivity index (χ4n) is 2.42. The van der Waals surface area contributed by atoms with Gasteiger partial charge in [-0.05, 0) is 12.6 Å². The lowest BCUT2D eigenvalue weighted by molar-refractivity contribution is 0.269. The summed E-state index contributed by atoms with van der Waals surface area (Å²) in [7, 11) is 0. The number of pyridine rings is 1. The highest BCUT2D eigenvalue weighted by molar-refractivity contribution is 5.43. The summed E-state index contributed by atoms with van der Waals surface area (Å²) in [5.74, 6) is 0.328. The largest absolute Gasteiger partial charge is 0.352 e. The molecule has 0 radical (unpaired) electrons. The zero-order valence-electron chi connectivity index (χ0n) is 12.7. The first-order valence-corrected chi connectivity index (χ1v) is 7.46. The Kier molecular flexibility index (Phi) is 5.31. The third-order valence-corrected chi connectivity index (χ3v) is 3.77. The molecule has 0 aliphatic carbocycles. The van der Waals surface area contributed by atoms with Crippen LogP contribution in [0.2, 0.25) is 0 Å². The smallest absolute Gasteiger partial charge is 0.170 e. The predicted molar refractivity (Wildman–Crippen MR) is 80.5 cm³/mol. The third-order valence-electron chi connectivity index (χ3n) is 3.77. The van der Waals surface area contributed by atoms with Crippen LogP contribution in [0, 0.1) is 5.82 Å². The number of hydrogen-bond donors (Lipinski definition) is 1. The Hall–Kier alpha value is -1.20. The number of rotatable bonds is 5. The van der Waals surface area contributed by atoms with Gasteiger partial charge in [0.05, 0.1) is 0 Å². The number of halogens is 1. The van der Waals surface area contributed by atoms with Gasteiger partial charge in [-0.2, -0.15) is 0 Å². The molecule has 1 fully saturated rings. The Labute approximate surface area is 121 Å². The number of piperazine rings is 1. The second-order valence-electron chi connectivity index (χ2n) is 5.56. The van der Waals surface area contributed by atoms with Crippen LogP contribution in [-0.2, 0) is 6.54 Å². The number of anilines is 1. The quantitative estimate of drug-likeness (QED) is 0.892. The third kappa shape index (κ3) is 3.67. The number of likely N-dealkylation sites (N-methyl/N-ethyl adjacent to an activating group) is 1. The Bertz CT molecular complexity index is 428. The fourth-order valence-corrected chi connectivity index (χ4v) is 2.42. The summed E-state index contributed by atoms with van der Waals surface area (Å²) in [5, 5.41) is 3.25. The second kappa shape index (κ2) is 6.99. The summed E-state index contributed by atoms with van der Waals surface area (Å²) in [4.78, 5) is 8.67. The maximum atomic E-state index is 14.5. The first kappa shape index (κ1) is 15.2. The van der Waals surface area contributed by atoms with Crippen LogP contribution in [0.3, 0.4) is 0 Å². The highest BCUT2D eigenvalue weighted by Gasteiger charge is 2.20. The van der Waals surface area contributed by atoms with Crippen molar-refractivity contribution in [2.75, 3.05) is 37.6 Å². The normalized spacial score (nSPS) is 16.9. The van der Waals surface area contributed by atoms with E-state index < -0.39 is 0 Å². The van der Waals surface area contributed by atoms with Crippen LogP contribution in [0.4, 0.5) is 10.2 Å². The van der Waals surface area contributed by atoms with Gasteiger partial charge in [0.2, 0.25) is 0 Å². The number of aromatic nitrogens is 1. The zero-order valence-corrected chi connectivity index (χ0v) is 12.7. The predicted octanol–water partition coefficient (Wildman–Crippen LogP) is 1.86. The number of nitrogens with one attached hydrogen (secondary N) is 1. The molecule has 20 heavy (non-hydrogen) atoms. The molecule has 1 saturated heterocycles. The van der Waals surface area contributed by atoms with Gasteiger partial charge in [0, 0.05) is 50.5 Å². The van der Waals surface area contributed by atoms with Crippen LogP contribution in [0.15, 0.2) is 12.3 Å². The van der Waals surface area contributed by atoms with Gasteiger partial charge in [-0.25, -0.2) is 9.37 Å². The lowest BCUT2D eigenvalue weighted by atomic mass is 10.2. The maximum absolute atomic E-state index is 14.5. The van der Waals surface area contributed by atoms with E-state index in [0.29, 0.717) is 24.0 Å². The molecule has 1 aliphatic heterocycles. The van der Waals surface area contributed by atoms with Crippen molar-refractivity contribution in [2.24, 2.45) is 0 Å². The van der Waals surface area contributed by atoms with Crippen LogP contribution in [0.25, 0.3) is 0 Å². The number of nitrogens with zero attached hydrogens (tertiary/aromatic N) is 3. The van der Waals surface area contributed by atoms with Gasteiger partial charge in [-0.15, -0.1) is 0 Å². The molecule has 2 heterocycles. The van der Waals surface area contributed by atoms with Gasteiger partial charge in [0.25, 0.3) is 0 Å². The monoisotopic (exact) mass is 280 g/mol. The van der Waals surface area contributed by atoms with E-state index in [1.165, 1.54) is 0 Å². The van der Waals surface area contributed by atoms with Crippen LogP contribution < -0.4 is 10.2 Å². The lowest BCUT2D eigenvalue weighted by Crippen LogP contribution is -2.46. The number of hydrogen-bond acceptors (Lipinski definition) is 4. The standard InChI is InChI=1S/C15H25FN4/c1-4-19-7-9-20(10-8-19)15-14(16)13(5-6-17-15)11-18-12(2)3/h5-6,12,18H,4,7-11H2,1-3H3. The molecule has 0 saturated carbocycles. The first-order valence-electron chi connectivity index (χ1n) is 7.46. The van der Waals surface area contributed by atoms with Gasteiger partial charge in [-0.3, -0.25) is 0 Å². The summed E-state index contributed by atoms with van der Waals surface area (Å²) in [6.45, 7) is 11.5. The molecule has 4 nitrogen and oxygen atoms in total. The van der Waals surface area contributed by atoms with Crippen molar-refractivity contribution in [2.45, 2.75) is 33.4 Å². The van der Waals surface area contributed by atoms with E-state index in [0.717, 1.165) is 32.7 Å². The van der Waals surface area contributed by atoms with Gasteiger partial charge in [0.1, 0.15) is 0 Å². The molecular weight excluding hydrogens is 255 g/mol. The average Bonchev–Trinajstić information content (AvgIpc) is 2.46. The minimum Gasteiger partial charge on any atom is -0.352 e. The van der Waals surface area contributed by atoms with E-state index in [-0.39, 0.29) is 5.82 Å². The summed E-state index contributed by atoms with van der Waals surface area (Å²) >= 11 is 0. The van der Waals surface area contributed by atoms with Crippen LogP contribution in [0.1, 0.15) is 26.3 Å². The SMILES string of the molecule is CCN1CCN(c2nccc(CNC(C)C)c2F)CC1. The summed E-state index contributed by atoms with van der Waals surface area (Å²) in [6.07, 6.45) is 1.71. The van der Waals surface area contributed by atoms with E-state index >= 15 is 0 Å². The van der Waals surface area contributed by atoms with Crippen LogP contribution in [0.5, 0.6) is 0 Å². The van der Waals surface area contributed by atoms with E-state index in [9.17, 15) is 4.39 Å². The maximum Gasteiger partial charge on any atom is 0.170 e. The molecule has 1 aliphatic rings. The van der Waals surface area contributed by atoms with E-state index in [4.69, 9.17) is 0 Å². The molecule has 0 amide bonds. The molecule has 2 rings (SSSR count). The zero-order chi connectivity index (χ0) is 14.5. The van der Waals surface area contributed by atoms with E-state index in [2.05, 4.69) is 40.9 Å². The van der Waals surface area contributed by atoms with Gasteiger partial charge in [0.15, 0.2) is 11.6 Å². The average molecular weight is 280 g/mol. The Morgan fingerprint density at radius 3 is 2.60 bits per heavy atom. The topological polar surface area (TPSA) is 31.4 Å². The summed E-state index contributed by atoms with van der Waals surface area (Å²) < 4.78 is 14.5. The minimum absolute atomic E-state index is 0.175. The molecule has 0 bridgehead atoms. The molecule has 0 aromatic carbocycles. The molecule has 5 heteroatoms.